The molecule has 9 heteroatoms. The first kappa shape index (κ1) is 18.7. The van der Waals surface area contributed by atoms with Crippen LogP contribution in [-0.2, 0) is 4.79 Å². The summed E-state index contributed by atoms with van der Waals surface area (Å²) in [6, 6.07) is 3.03. The summed E-state index contributed by atoms with van der Waals surface area (Å²) in [5, 5.41) is 5.55. The summed E-state index contributed by atoms with van der Waals surface area (Å²) >= 11 is 20.9. The number of thiophene rings is 1. The predicted octanol–water partition coefficient (Wildman–Crippen LogP) is 6.00. The van der Waals surface area contributed by atoms with Gasteiger partial charge in [-0.2, -0.15) is 0 Å². The molecule has 3 rings (SSSR count). The maximum atomic E-state index is 12.3. The van der Waals surface area contributed by atoms with Crippen LogP contribution in [-0.4, -0.2) is 21.6 Å². The number of carbonyl (C=O) groups excluding carboxylic acids is 1. The standard InChI is InChI=1S/C16H12Cl3N3OS2/c1-7-8(2)25-16-14(7)15(20-6-21-16)24-5-13(23)22-12-4-10(18)9(17)3-11(12)19/h3-4,6H,5H2,1-2H3,(H,22,23). The fourth-order valence-corrected chi connectivity index (χ4v) is 4.71. The Balaban J connectivity index is 1.74. The number of amides is 1. The number of anilines is 1. The van der Waals surface area contributed by atoms with E-state index in [1.807, 2.05) is 6.92 Å². The lowest BCUT2D eigenvalue weighted by Gasteiger charge is -2.09. The fraction of sp³-hybridized carbons (Fsp3) is 0.188. The molecule has 130 valence electrons. The van der Waals surface area contributed by atoms with E-state index in [1.54, 1.807) is 11.3 Å². The molecule has 25 heavy (non-hydrogen) atoms. The molecule has 1 N–H and O–H groups in total. The Morgan fingerprint density at radius 3 is 2.64 bits per heavy atom. The Hall–Kier alpha value is -1.05. The lowest BCUT2D eigenvalue weighted by atomic mass is 10.2. The number of benzene rings is 1. The molecule has 0 aliphatic carbocycles. The third-order valence-electron chi connectivity index (χ3n) is 3.55. The van der Waals surface area contributed by atoms with E-state index in [1.165, 1.54) is 35.1 Å². The molecule has 0 spiro atoms. The van der Waals surface area contributed by atoms with Gasteiger partial charge in [-0.25, -0.2) is 9.97 Å². The van der Waals surface area contributed by atoms with Crippen LogP contribution in [0.1, 0.15) is 10.4 Å². The first-order valence-corrected chi connectivity index (χ1v) is 10.1. The predicted molar refractivity (Wildman–Crippen MR) is 108 cm³/mol. The van der Waals surface area contributed by atoms with Gasteiger partial charge in [-0.1, -0.05) is 46.6 Å². The molecular weight excluding hydrogens is 421 g/mol. The molecular formula is C16H12Cl3N3OS2. The van der Waals surface area contributed by atoms with Gasteiger partial charge >= 0.3 is 0 Å². The number of aromatic nitrogens is 2. The van der Waals surface area contributed by atoms with Crippen molar-refractivity contribution in [2.75, 3.05) is 11.1 Å². The molecule has 0 radical (unpaired) electrons. The number of fused-ring (bicyclic) bond motifs is 1. The van der Waals surface area contributed by atoms with Gasteiger partial charge in [0, 0.05) is 10.3 Å². The Kier molecular flexibility index (Phi) is 5.75. The minimum Gasteiger partial charge on any atom is -0.324 e. The molecule has 0 aliphatic heterocycles. The van der Waals surface area contributed by atoms with Crippen molar-refractivity contribution in [1.29, 1.82) is 0 Å². The van der Waals surface area contributed by atoms with Crippen LogP contribution in [0.15, 0.2) is 23.5 Å². The van der Waals surface area contributed by atoms with E-state index < -0.39 is 0 Å². The quantitative estimate of drug-likeness (QED) is 0.312. The van der Waals surface area contributed by atoms with E-state index in [0.717, 1.165) is 20.8 Å². The molecule has 0 saturated carbocycles. The van der Waals surface area contributed by atoms with Crippen molar-refractivity contribution in [3.63, 3.8) is 0 Å². The van der Waals surface area contributed by atoms with Crippen LogP contribution in [0.5, 0.6) is 0 Å². The van der Waals surface area contributed by atoms with Gasteiger partial charge in [-0.05, 0) is 31.5 Å². The van der Waals surface area contributed by atoms with Crippen molar-refractivity contribution in [1.82, 2.24) is 9.97 Å². The molecule has 3 aromatic rings. The van der Waals surface area contributed by atoms with Gasteiger partial charge in [-0.15, -0.1) is 11.3 Å². The molecule has 4 nitrogen and oxygen atoms in total. The smallest absolute Gasteiger partial charge is 0.234 e. The van der Waals surface area contributed by atoms with Crippen molar-refractivity contribution in [2.45, 2.75) is 18.9 Å². The number of hydrogen-bond acceptors (Lipinski definition) is 5. The number of rotatable bonds is 4. The molecule has 0 bridgehead atoms. The summed E-state index contributed by atoms with van der Waals surface area (Å²) in [6.45, 7) is 4.09. The van der Waals surface area contributed by atoms with Crippen molar-refractivity contribution in [3.8, 4) is 0 Å². The summed E-state index contributed by atoms with van der Waals surface area (Å²) in [5.74, 6) is -0.0153. The lowest BCUT2D eigenvalue weighted by molar-refractivity contribution is -0.113. The number of nitrogens with one attached hydrogen (secondary N) is 1. The average Bonchev–Trinajstić information content (AvgIpc) is 2.86. The van der Waals surface area contributed by atoms with Crippen LogP contribution in [0.4, 0.5) is 5.69 Å². The number of nitrogens with zero attached hydrogens (tertiary/aromatic N) is 2. The zero-order valence-corrected chi connectivity index (χ0v) is 17.1. The molecule has 0 unspecified atom stereocenters. The van der Waals surface area contributed by atoms with Gasteiger partial charge in [-0.3, -0.25) is 4.79 Å². The maximum Gasteiger partial charge on any atom is 0.234 e. The van der Waals surface area contributed by atoms with Crippen LogP contribution in [0.25, 0.3) is 10.2 Å². The molecule has 0 atom stereocenters. The first-order chi connectivity index (χ1) is 11.9. The van der Waals surface area contributed by atoms with E-state index in [9.17, 15) is 4.79 Å². The summed E-state index contributed by atoms with van der Waals surface area (Å²) < 4.78 is 0. The van der Waals surface area contributed by atoms with Crippen molar-refractivity contribution in [2.24, 2.45) is 0 Å². The molecule has 0 fully saturated rings. The monoisotopic (exact) mass is 431 g/mol. The molecule has 0 saturated heterocycles. The number of hydrogen-bond donors (Lipinski definition) is 1. The van der Waals surface area contributed by atoms with E-state index in [2.05, 4.69) is 22.2 Å². The number of aryl methyl sites for hydroxylation is 2. The topological polar surface area (TPSA) is 54.9 Å². The number of halogens is 3. The Morgan fingerprint density at radius 1 is 1.16 bits per heavy atom. The SMILES string of the molecule is Cc1sc2ncnc(SCC(=O)Nc3cc(Cl)c(Cl)cc3Cl)c2c1C. The summed E-state index contributed by atoms with van der Waals surface area (Å²) in [6.07, 6.45) is 1.52. The summed E-state index contributed by atoms with van der Waals surface area (Å²) in [4.78, 5) is 23.0. The Bertz CT molecular complexity index is 975. The second-order valence-electron chi connectivity index (χ2n) is 5.23. The highest BCUT2D eigenvalue weighted by molar-refractivity contribution is 8.00. The lowest BCUT2D eigenvalue weighted by Crippen LogP contribution is -2.14. The second-order valence-corrected chi connectivity index (χ2v) is 8.61. The average molecular weight is 433 g/mol. The van der Waals surface area contributed by atoms with Crippen LogP contribution < -0.4 is 5.32 Å². The van der Waals surface area contributed by atoms with Crippen molar-refractivity contribution < 1.29 is 4.79 Å². The summed E-state index contributed by atoms with van der Waals surface area (Å²) in [5.41, 5.74) is 1.58. The van der Waals surface area contributed by atoms with Crippen molar-refractivity contribution >= 4 is 79.7 Å². The molecule has 0 aliphatic rings. The minimum atomic E-state index is -0.207. The van der Waals surface area contributed by atoms with Crippen molar-refractivity contribution in [3.05, 3.63) is 44.0 Å². The van der Waals surface area contributed by atoms with E-state index >= 15 is 0 Å². The van der Waals surface area contributed by atoms with Gasteiger partial charge in [0.15, 0.2) is 0 Å². The van der Waals surface area contributed by atoms with E-state index in [0.29, 0.717) is 20.8 Å². The zero-order valence-electron chi connectivity index (χ0n) is 13.2. The highest BCUT2D eigenvalue weighted by Gasteiger charge is 2.15. The third-order valence-corrected chi connectivity index (χ3v) is 6.69. The van der Waals surface area contributed by atoms with Gasteiger partial charge < -0.3 is 5.32 Å². The van der Waals surface area contributed by atoms with Crippen LogP contribution in [0.2, 0.25) is 15.1 Å². The third kappa shape index (κ3) is 4.04. The normalized spacial score (nSPS) is 11.1. The van der Waals surface area contributed by atoms with Crippen LogP contribution in [0.3, 0.4) is 0 Å². The highest BCUT2D eigenvalue weighted by atomic mass is 35.5. The van der Waals surface area contributed by atoms with E-state index in [-0.39, 0.29) is 11.7 Å². The number of carbonyl (C=O) groups is 1. The molecule has 2 aromatic heterocycles. The van der Waals surface area contributed by atoms with Gasteiger partial charge in [0.2, 0.25) is 5.91 Å². The number of thioether (sulfide) groups is 1. The maximum absolute atomic E-state index is 12.3. The highest BCUT2D eigenvalue weighted by Crippen LogP contribution is 2.35. The van der Waals surface area contributed by atoms with E-state index in [4.69, 9.17) is 34.8 Å². The summed E-state index contributed by atoms with van der Waals surface area (Å²) in [7, 11) is 0. The van der Waals surface area contributed by atoms with Crippen LogP contribution >= 0.6 is 57.9 Å². The van der Waals surface area contributed by atoms with Crippen LogP contribution in [0, 0.1) is 13.8 Å². The molecule has 2 heterocycles. The van der Waals surface area contributed by atoms with Gasteiger partial charge in [0.1, 0.15) is 16.2 Å². The van der Waals surface area contributed by atoms with Gasteiger partial charge in [0.25, 0.3) is 0 Å². The first-order valence-electron chi connectivity index (χ1n) is 7.14. The minimum absolute atomic E-state index is 0.191. The second kappa shape index (κ2) is 7.68. The van der Waals surface area contributed by atoms with Gasteiger partial charge in [0.05, 0.1) is 26.5 Å². The largest absolute Gasteiger partial charge is 0.324 e. The Morgan fingerprint density at radius 2 is 1.88 bits per heavy atom. The molecule has 1 aromatic carbocycles. The molecule has 1 amide bonds. The Labute approximate surface area is 167 Å². The zero-order chi connectivity index (χ0) is 18.1. The fourth-order valence-electron chi connectivity index (χ4n) is 2.20.